The summed E-state index contributed by atoms with van der Waals surface area (Å²) >= 11 is 9.42. The van der Waals surface area contributed by atoms with E-state index in [1.165, 1.54) is 0 Å². The standard InChI is InChI=1S/C13H14BrClN2/c1-9(2)12-5-6-17(16-12)13-7-11(14)4-3-10(13)8-15/h3-7,9H,8H2,1-2H3. The fourth-order valence-electron chi connectivity index (χ4n) is 1.64. The minimum absolute atomic E-state index is 0.433. The zero-order chi connectivity index (χ0) is 12.4. The molecule has 2 rings (SSSR count). The van der Waals surface area contributed by atoms with Crippen LogP contribution in [0.25, 0.3) is 5.69 Å². The van der Waals surface area contributed by atoms with Gasteiger partial charge >= 0.3 is 0 Å². The van der Waals surface area contributed by atoms with E-state index in [0.29, 0.717) is 11.8 Å². The van der Waals surface area contributed by atoms with Gasteiger partial charge in [0.05, 0.1) is 11.4 Å². The first kappa shape index (κ1) is 12.7. The van der Waals surface area contributed by atoms with E-state index in [2.05, 4.69) is 34.9 Å². The Labute approximate surface area is 115 Å². The second kappa shape index (κ2) is 5.23. The van der Waals surface area contributed by atoms with E-state index < -0.39 is 0 Å². The highest BCUT2D eigenvalue weighted by atomic mass is 79.9. The van der Waals surface area contributed by atoms with Gasteiger partial charge in [-0.05, 0) is 29.7 Å². The van der Waals surface area contributed by atoms with Crippen LogP contribution < -0.4 is 0 Å². The molecule has 0 spiro atoms. The van der Waals surface area contributed by atoms with Gasteiger partial charge in [0.25, 0.3) is 0 Å². The monoisotopic (exact) mass is 312 g/mol. The van der Waals surface area contributed by atoms with Gasteiger partial charge in [-0.25, -0.2) is 4.68 Å². The Bertz CT molecular complexity index is 520. The molecular formula is C13H14BrClN2. The molecule has 0 unspecified atom stereocenters. The van der Waals surface area contributed by atoms with Crippen LogP contribution in [0.3, 0.4) is 0 Å². The Kier molecular flexibility index (Phi) is 3.89. The van der Waals surface area contributed by atoms with Crippen molar-refractivity contribution in [2.75, 3.05) is 0 Å². The average molecular weight is 314 g/mol. The third-order valence-electron chi connectivity index (χ3n) is 2.64. The summed E-state index contributed by atoms with van der Waals surface area (Å²) < 4.78 is 2.92. The van der Waals surface area contributed by atoms with Gasteiger partial charge in [-0.15, -0.1) is 11.6 Å². The van der Waals surface area contributed by atoms with Gasteiger partial charge in [0.15, 0.2) is 0 Å². The van der Waals surface area contributed by atoms with Crippen molar-refractivity contribution < 1.29 is 0 Å². The second-order valence-electron chi connectivity index (χ2n) is 4.25. The van der Waals surface area contributed by atoms with Crippen LogP contribution in [0.15, 0.2) is 34.9 Å². The molecule has 0 aliphatic carbocycles. The van der Waals surface area contributed by atoms with Crippen molar-refractivity contribution in [2.45, 2.75) is 25.6 Å². The van der Waals surface area contributed by atoms with Crippen LogP contribution >= 0.6 is 27.5 Å². The van der Waals surface area contributed by atoms with Crippen molar-refractivity contribution in [1.29, 1.82) is 0 Å². The summed E-state index contributed by atoms with van der Waals surface area (Å²) in [5, 5.41) is 4.57. The van der Waals surface area contributed by atoms with E-state index in [1.54, 1.807) is 0 Å². The fourth-order valence-corrected chi connectivity index (χ4v) is 2.22. The van der Waals surface area contributed by atoms with Crippen LogP contribution in [0, 0.1) is 0 Å². The van der Waals surface area contributed by atoms with Gasteiger partial charge < -0.3 is 0 Å². The molecule has 0 N–H and O–H groups in total. The maximum Gasteiger partial charge on any atom is 0.0700 e. The van der Waals surface area contributed by atoms with E-state index in [9.17, 15) is 0 Å². The first-order valence-corrected chi connectivity index (χ1v) is 6.85. The quantitative estimate of drug-likeness (QED) is 0.763. The van der Waals surface area contributed by atoms with E-state index in [1.807, 2.05) is 35.1 Å². The Balaban J connectivity index is 2.47. The number of hydrogen-bond donors (Lipinski definition) is 0. The summed E-state index contributed by atoms with van der Waals surface area (Å²) in [6, 6.07) is 8.09. The summed E-state index contributed by atoms with van der Waals surface area (Å²) in [5.74, 6) is 0.919. The largest absolute Gasteiger partial charge is 0.240 e. The average Bonchev–Trinajstić information content (AvgIpc) is 2.78. The lowest BCUT2D eigenvalue weighted by molar-refractivity contribution is 0.765. The highest BCUT2D eigenvalue weighted by Crippen LogP contribution is 2.22. The molecule has 0 fully saturated rings. The molecule has 2 nitrogen and oxygen atoms in total. The number of aromatic nitrogens is 2. The highest BCUT2D eigenvalue weighted by Gasteiger charge is 2.08. The van der Waals surface area contributed by atoms with Gasteiger partial charge in [-0.2, -0.15) is 5.10 Å². The molecule has 0 amide bonds. The predicted octanol–water partition coefficient (Wildman–Crippen LogP) is 4.50. The smallest absolute Gasteiger partial charge is 0.0700 e. The first-order valence-electron chi connectivity index (χ1n) is 5.52. The van der Waals surface area contributed by atoms with Crippen molar-refractivity contribution in [3.63, 3.8) is 0 Å². The Morgan fingerprint density at radius 2 is 2.12 bits per heavy atom. The van der Waals surface area contributed by atoms with E-state index in [-0.39, 0.29) is 0 Å². The number of hydrogen-bond acceptors (Lipinski definition) is 1. The Hall–Kier alpha value is -0.800. The lowest BCUT2D eigenvalue weighted by Gasteiger charge is -2.08. The SMILES string of the molecule is CC(C)c1ccn(-c2cc(Br)ccc2CCl)n1. The van der Waals surface area contributed by atoms with Crippen LogP contribution in [0.1, 0.15) is 31.0 Å². The van der Waals surface area contributed by atoms with Crippen molar-refractivity contribution >= 4 is 27.5 Å². The third-order valence-corrected chi connectivity index (χ3v) is 3.42. The van der Waals surface area contributed by atoms with Gasteiger partial charge in [0.2, 0.25) is 0 Å². The van der Waals surface area contributed by atoms with Crippen LogP contribution in [0.4, 0.5) is 0 Å². The molecule has 0 saturated carbocycles. The molecule has 1 aromatic heterocycles. The maximum absolute atomic E-state index is 5.95. The minimum atomic E-state index is 0.433. The van der Waals surface area contributed by atoms with Crippen LogP contribution in [0.2, 0.25) is 0 Å². The van der Waals surface area contributed by atoms with Gasteiger partial charge in [-0.1, -0.05) is 35.8 Å². The van der Waals surface area contributed by atoms with Crippen molar-refractivity contribution in [1.82, 2.24) is 9.78 Å². The Morgan fingerprint density at radius 1 is 1.35 bits per heavy atom. The molecule has 2 aromatic rings. The molecule has 17 heavy (non-hydrogen) atoms. The number of rotatable bonds is 3. The molecule has 4 heteroatoms. The molecule has 0 aliphatic heterocycles. The van der Waals surface area contributed by atoms with Crippen LogP contribution in [0.5, 0.6) is 0 Å². The second-order valence-corrected chi connectivity index (χ2v) is 5.43. The van der Waals surface area contributed by atoms with Gasteiger partial charge in [-0.3, -0.25) is 0 Å². The molecular weight excluding hydrogens is 300 g/mol. The molecule has 90 valence electrons. The molecule has 1 aromatic carbocycles. The third kappa shape index (κ3) is 2.72. The minimum Gasteiger partial charge on any atom is -0.240 e. The summed E-state index contributed by atoms with van der Waals surface area (Å²) in [6.45, 7) is 4.27. The summed E-state index contributed by atoms with van der Waals surface area (Å²) in [6.07, 6.45) is 1.98. The lowest BCUT2D eigenvalue weighted by Crippen LogP contribution is -2.00. The fraction of sp³-hybridized carbons (Fsp3) is 0.308. The number of alkyl halides is 1. The van der Waals surface area contributed by atoms with Crippen LogP contribution in [-0.4, -0.2) is 9.78 Å². The van der Waals surface area contributed by atoms with Crippen molar-refractivity contribution in [3.05, 3.63) is 46.2 Å². The zero-order valence-corrected chi connectivity index (χ0v) is 12.2. The molecule has 0 radical (unpaired) electrons. The van der Waals surface area contributed by atoms with Crippen molar-refractivity contribution in [3.8, 4) is 5.69 Å². The van der Waals surface area contributed by atoms with E-state index >= 15 is 0 Å². The molecule has 1 heterocycles. The number of halogens is 2. The molecule has 0 bridgehead atoms. The van der Waals surface area contributed by atoms with Gasteiger partial charge in [0, 0.05) is 16.5 Å². The lowest BCUT2D eigenvalue weighted by atomic mass is 10.1. The van der Waals surface area contributed by atoms with Crippen LogP contribution in [-0.2, 0) is 5.88 Å². The first-order chi connectivity index (χ1) is 8.11. The van der Waals surface area contributed by atoms with E-state index in [0.717, 1.165) is 21.4 Å². The zero-order valence-electron chi connectivity index (χ0n) is 9.82. The topological polar surface area (TPSA) is 17.8 Å². The molecule has 0 aliphatic rings. The molecule has 0 saturated heterocycles. The number of benzene rings is 1. The summed E-state index contributed by atoms with van der Waals surface area (Å²) in [5.41, 5.74) is 3.19. The van der Waals surface area contributed by atoms with Crippen molar-refractivity contribution in [2.24, 2.45) is 0 Å². The maximum atomic E-state index is 5.95. The Morgan fingerprint density at radius 3 is 2.71 bits per heavy atom. The highest BCUT2D eigenvalue weighted by molar-refractivity contribution is 9.10. The van der Waals surface area contributed by atoms with Gasteiger partial charge in [0.1, 0.15) is 0 Å². The number of nitrogens with zero attached hydrogens (tertiary/aromatic N) is 2. The summed E-state index contributed by atoms with van der Waals surface area (Å²) in [4.78, 5) is 0. The molecule has 0 atom stereocenters. The normalized spacial score (nSPS) is 11.1. The predicted molar refractivity (Wildman–Crippen MR) is 74.9 cm³/mol. The summed E-state index contributed by atoms with van der Waals surface area (Å²) in [7, 11) is 0. The van der Waals surface area contributed by atoms with E-state index in [4.69, 9.17) is 11.6 Å².